The standard InChI is InChI=1S/C8H8N6O2/c9-7(8-10-12-13-11-8)5-2-1-3-6(4-5)14(15)16/h1-4,7H,9H2,(H,10,11,12,13)/t7-/m1/s1. The normalized spacial score (nSPS) is 12.3. The summed E-state index contributed by atoms with van der Waals surface area (Å²) in [6, 6.07) is 5.40. The van der Waals surface area contributed by atoms with E-state index in [-0.39, 0.29) is 5.69 Å². The summed E-state index contributed by atoms with van der Waals surface area (Å²) in [5, 5.41) is 23.7. The molecule has 2 aromatic rings. The van der Waals surface area contributed by atoms with E-state index in [1.807, 2.05) is 0 Å². The number of tetrazole rings is 1. The highest BCUT2D eigenvalue weighted by molar-refractivity contribution is 5.37. The topological polar surface area (TPSA) is 124 Å². The number of hydrogen-bond donors (Lipinski definition) is 2. The molecule has 82 valence electrons. The molecule has 0 fully saturated rings. The van der Waals surface area contributed by atoms with E-state index in [0.717, 1.165) is 0 Å². The SMILES string of the molecule is N[C@H](c1cccc([N+](=O)[O-])c1)c1nn[nH]n1. The van der Waals surface area contributed by atoms with E-state index in [4.69, 9.17) is 5.73 Å². The fourth-order valence-electron chi connectivity index (χ4n) is 1.28. The summed E-state index contributed by atoms with van der Waals surface area (Å²) in [5.41, 5.74) is 6.37. The van der Waals surface area contributed by atoms with Gasteiger partial charge in [-0.15, -0.1) is 10.2 Å². The summed E-state index contributed by atoms with van der Waals surface area (Å²) < 4.78 is 0. The third kappa shape index (κ3) is 1.86. The molecule has 0 saturated heterocycles. The fourth-order valence-corrected chi connectivity index (χ4v) is 1.28. The molecule has 0 unspecified atom stereocenters. The van der Waals surface area contributed by atoms with Gasteiger partial charge in [-0.25, -0.2) is 0 Å². The van der Waals surface area contributed by atoms with Crippen molar-refractivity contribution in [1.82, 2.24) is 20.6 Å². The van der Waals surface area contributed by atoms with E-state index in [0.29, 0.717) is 11.4 Å². The fraction of sp³-hybridized carbons (Fsp3) is 0.125. The lowest BCUT2D eigenvalue weighted by Gasteiger charge is -2.06. The molecule has 0 radical (unpaired) electrons. The summed E-state index contributed by atoms with van der Waals surface area (Å²) in [6.45, 7) is 0. The molecule has 0 spiro atoms. The average Bonchev–Trinajstić information content (AvgIpc) is 2.81. The largest absolute Gasteiger partial charge is 0.318 e. The van der Waals surface area contributed by atoms with Gasteiger partial charge in [0.2, 0.25) is 0 Å². The Morgan fingerprint density at radius 3 is 2.94 bits per heavy atom. The lowest BCUT2D eigenvalue weighted by molar-refractivity contribution is -0.384. The van der Waals surface area contributed by atoms with Crippen LogP contribution >= 0.6 is 0 Å². The van der Waals surface area contributed by atoms with Gasteiger partial charge in [-0.1, -0.05) is 17.3 Å². The van der Waals surface area contributed by atoms with Crippen molar-refractivity contribution < 1.29 is 4.92 Å². The van der Waals surface area contributed by atoms with Crippen LogP contribution in [0.4, 0.5) is 5.69 Å². The molecule has 1 atom stereocenters. The molecule has 0 aliphatic carbocycles. The Morgan fingerprint density at radius 1 is 1.50 bits per heavy atom. The van der Waals surface area contributed by atoms with Gasteiger partial charge in [-0.05, 0) is 5.56 Å². The minimum atomic E-state index is -0.626. The van der Waals surface area contributed by atoms with Crippen molar-refractivity contribution in [3.8, 4) is 0 Å². The summed E-state index contributed by atoms with van der Waals surface area (Å²) in [6.07, 6.45) is 0. The number of rotatable bonds is 3. The molecule has 0 bridgehead atoms. The molecule has 0 aliphatic heterocycles. The summed E-state index contributed by atoms with van der Waals surface area (Å²) >= 11 is 0. The van der Waals surface area contributed by atoms with E-state index in [1.54, 1.807) is 12.1 Å². The van der Waals surface area contributed by atoms with Gasteiger partial charge in [-0.3, -0.25) is 10.1 Å². The van der Waals surface area contributed by atoms with Crippen LogP contribution in [0.15, 0.2) is 24.3 Å². The second-order valence-corrected chi connectivity index (χ2v) is 3.10. The van der Waals surface area contributed by atoms with Crippen LogP contribution in [0.25, 0.3) is 0 Å². The van der Waals surface area contributed by atoms with Gasteiger partial charge in [0.25, 0.3) is 5.69 Å². The maximum atomic E-state index is 10.6. The highest BCUT2D eigenvalue weighted by atomic mass is 16.6. The summed E-state index contributed by atoms with van der Waals surface area (Å²) in [5.74, 6) is 0.292. The molecule has 8 nitrogen and oxygen atoms in total. The van der Waals surface area contributed by atoms with Crippen molar-refractivity contribution in [2.24, 2.45) is 5.73 Å². The van der Waals surface area contributed by atoms with Crippen molar-refractivity contribution in [2.75, 3.05) is 0 Å². The first-order valence-corrected chi connectivity index (χ1v) is 4.42. The molecule has 0 saturated carbocycles. The second kappa shape index (κ2) is 4.03. The molecule has 3 N–H and O–H groups in total. The Morgan fingerprint density at radius 2 is 2.31 bits per heavy atom. The van der Waals surface area contributed by atoms with Gasteiger partial charge >= 0.3 is 0 Å². The molecule has 8 heteroatoms. The van der Waals surface area contributed by atoms with E-state index in [2.05, 4.69) is 20.6 Å². The van der Waals surface area contributed by atoms with Crippen molar-refractivity contribution in [2.45, 2.75) is 6.04 Å². The molecule has 1 aromatic heterocycles. The first kappa shape index (κ1) is 10.2. The third-order valence-corrected chi connectivity index (χ3v) is 2.08. The maximum Gasteiger partial charge on any atom is 0.269 e. The first-order chi connectivity index (χ1) is 7.68. The number of nitrogens with one attached hydrogen (secondary N) is 1. The Labute approximate surface area is 89.6 Å². The number of aromatic nitrogens is 4. The average molecular weight is 220 g/mol. The number of nitro benzene ring substituents is 1. The lowest BCUT2D eigenvalue weighted by atomic mass is 10.1. The molecule has 16 heavy (non-hydrogen) atoms. The van der Waals surface area contributed by atoms with E-state index in [9.17, 15) is 10.1 Å². The molecular formula is C8H8N6O2. The molecular weight excluding hydrogens is 212 g/mol. The minimum absolute atomic E-state index is 0.0172. The van der Waals surface area contributed by atoms with Crippen LogP contribution in [-0.4, -0.2) is 25.5 Å². The van der Waals surface area contributed by atoms with Crippen LogP contribution in [-0.2, 0) is 0 Å². The number of nitro groups is 1. The number of aromatic amines is 1. The predicted octanol–water partition coefficient (Wildman–Crippen LogP) is 0.156. The van der Waals surface area contributed by atoms with Crippen LogP contribution < -0.4 is 5.73 Å². The number of hydrogen-bond acceptors (Lipinski definition) is 6. The van der Waals surface area contributed by atoms with E-state index >= 15 is 0 Å². The Bertz CT molecular complexity index is 497. The highest BCUT2D eigenvalue weighted by Crippen LogP contribution is 2.20. The van der Waals surface area contributed by atoms with Gasteiger partial charge in [0.05, 0.1) is 11.0 Å². The van der Waals surface area contributed by atoms with Crippen LogP contribution in [0.5, 0.6) is 0 Å². The zero-order chi connectivity index (χ0) is 11.5. The lowest BCUT2D eigenvalue weighted by Crippen LogP contribution is -2.13. The number of nitrogens with zero attached hydrogens (tertiary/aromatic N) is 4. The predicted molar refractivity (Wildman–Crippen MR) is 53.3 cm³/mol. The van der Waals surface area contributed by atoms with Crippen LogP contribution in [0.2, 0.25) is 0 Å². The van der Waals surface area contributed by atoms with Crippen LogP contribution in [0, 0.1) is 10.1 Å². The van der Waals surface area contributed by atoms with E-state index in [1.165, 1.54) is 12.1 Å². The third-order valence-electron chi connectivity index (χ3n) is 2.08. The van der Waals surface area contributed by atoms with Gasteiger partial charge in [0.1, 0.15) is 0 Å². The van der Waals surface area contributed by atoms with Crippen molar-refractivity contribution in [3.05, 3.63) is 45.8 Å². The van der Waals surface area contributed by atoms with Gasteiger partial charge < -0.3 is 5.73 Å². The van der Waals surface area contributed by atoms with Gasteiger partial charge in [-0.2, -0.15) is 5.21 Å². The molecule has 0 aliphatic rings. The van der Waals surface area contributed by atoms with Crippen molar-refractivity contribution >= 4 is 5.69 Å². The molecule has 1 aromatic carbocycles. The summed E-state index contributed by atoms with van der Waals surface area (Å²) in [7, 11) is 0. The number of benzene rings is 1. The Kier molecular flexibility index (Phi) is 2.56. The molecule has 0 amide bonds. The first-order valence-electron chi connectivity index (χ1n) is 4.42. The number of H-pyrrole nitrogens is 1. The van der Waals surface area contributed by atoms with E-state index < -0.39 is 11.0 Å². The van der Waals surface area contributed by atoms with Crippen molar-refractivity contribution in [3.63, 3.8) is 0 Å². The monoisotopic (exact) mass is 220 g/mol. The Hall–Kier alpha value is -2.35. The molecule has 2 rings (SSSR count). The molecule has 1 heterocycles. The van der Waals surface area contributed by atoms with Crippen molar-refractivity contribution in [1.29, 1.82) is 0 Å². The number of nitrogens with two attached hydrogens (primary N) is 1. The number of non-ortho nitro benzene ring substituents is 1. The zero-order valence-corrected chi connectivity index (χ0v) is 8.07. The smallest absolute Gasteiger partial charge is 0.269 e. The summed E-state index contributed by atoms with van der Waals surface area (Å²) in [4.78, 5) is 10.1. The Balaban J connectivity index is 2.34. The minimum Gasteiger partial charge on any atom is -0.318 e. The highest BCUT2D eigenvalue weighted by Gasteiger charge is 2.16. The van der Waals surface area contributed by atoms with Gasteiger partial charge in [0.15, 0.2) is 5.82 Å². The van der Waals surface area contributed by atoms with Crippen LogP contribution in [0.1, 0.15) is 17.4 Å². The quantitative estimate of drug-likeness (QED) is 0.560. The maximum absolute atomic E-state index is 10.6. The second-order valence-electron chi connectivity index (χ2n) is 3.10. The van der Waals surface area contributed by atoms with Gasteiger partial charge in [0, 0.05) is 12.1 Å². The van der Waals surface area contributed by atoms with Crippen LogP contribution in [0.3, 0.4) is 0 Å². The zero-order valence-electron chi connectivity index (χ0n) is 8.07.